The molecule has 106 valence electrons. The largest absolute Gasteiger partial charge is 0.436 e. The van der Waals surface area contributed by atoms with Gasteiger partial charge >= 0.3 is 0 Å². The molecule has 0 radical (unpaired) electrons. The summed E-state index contributed by atoms with van der Waals surface area (Å²) in [5.41, 5.74) is 7.79. The number of benzene rings is 1. The van der Waals surface area contributed by atoms with E-state index in [1.807, 2.05) is 26.0 Å². The summed E-state index contributed by atoms with van der Waals surface area (Å²) in [6.07, 6.45) is 3.16. The molecule has 2 aromatic rings. The Morgan fingerprint density at radius 1 is 1.35 bits per heavy atom. The first-order valence-electron chi connectivity index (χ1n) is 6.73. The van der Waals surface area contributed by atoms with Crippen LogP contribution in [0.15, 0.2) is 36.5 Å². The van der Waals surface area contributed by atoms with Crippen molar-refractivity contribution >= 4 is 0 Å². The fourth-order valence-corrected chi connectivity index (χ4v) is 1.89. The van der Waals surface area contributed by atoms with Crippen LogP contribution in [0.4, 0.5) is 4.39 Å². The maximum atomic E-state index is 13.7. The Kier molecular flexibility index (Phi) is 4.69. The van der Waals surface area contributed by atoms with E-state index in [0.717, 1.165) is 17.5 Å². The molecule has 0 aliphatic carbocycles. The molecule has 0 amide bonds. The Morgan fingerprint density at radius 2 is 2.15 bits per heavy atom. The van der Waals surface area contributed by atoms with Crippen molar-refractivity contribution in [2.75, 3.05) is 0 Å². The normalized spacial score (nSPS) is 12.2. The number of halogens is 1. The number of nitrogens with zero attached hydrogens (tertiary/aromatic N) is 1. The second-order valence-electron chi connectivity index (χ2n) is 4.88. The predicted octanol–water partition coefficient (Wildman–Crippen LogP) is 3.60. The lowest BCUT2D eigenvalue weighted by molar-refractivity contribution is 0.420. The van der Waals surface area contributed by atoms with Gasteiger partial charge in [-0.3, -0.25) is 0 Å². The molecule has 2 N–H and O–H groups in total. The Morgan fingerprint density at radius 3 is 2.90 bits per heavy atom. The number of aromatic nitrogens is 1. The van der Waals surface area contributed by atoms with Gasteiger partial charge in [-0.25, -0.2) is 9.37 Å². The Labute approximate surface area is 118 Å². The number of hydrogen-bond acceptors (Lipinski definition) is 3. The molecule has 0 aliphatic heterocycles. The predicted molar refractivity (Wildman–Crippen MR) is 77.4 cm³/mol. The molecule has 3 nitrogen and oxygen atoms in total. The number of nitrogens with two attached hydrogens (primary N) is 1. The highest BCUT2D eigenvalue weighted by Crippen LogP contribution is 2.27. The van der Waals surface area contributed by atoms with Crippen LogP contribution in [0.2, 0.25) is 0 Å². The molecule has 4 heteroatoms. The lowest BCUT2D eigenvalue weighted by Gasteiger charge is -2.13. The number of hydrogen-bond donors (Lipinski definition) is 1. The lowest BCUT2D eigenvalue weighted by atomic mass is 10.1. The van der Waals surface area contributed by atoms with Gasteiger partial charge in [-0.1, -0.05) is 19.1 Å². The van der Waals surface area contributed by atoms with E-state index in [4.69, 9.17) is 10.5 Å². The van der Waals surface area contributed by atoms with Crippen LogP contribution in [0.3, 0.4) is 0 Å². The molecule has 1 aromatic carbocycles. The molecule has 0 spiro atoms. The summed E-state index contributed by atoms with van der Waals surface area (Å²) in [4.78, 5) is 4.19. The summed E-state index contributed by atoms with van der Waals surface area (Å²) in [5, 5.41) is 0. The first kappa shape index (κ1) is 14.5. The third kappa shape index (κ3) is 3.54. The monoisotopic (exact) mass is 274 g/mol. The second-order valence-corrected chi connectivity index (χ2v) is 4.88. The molecule has 0 bridgehead atoms. The molecule has 1 unspecified atom stereocenters. The summed E-state index contributed by atoms with van der Waals surface area (Å²) in [5.74, 6) is 0.211. The first-order chi connectivity index (χ1) is 9.60. The van der Waals surface area contributed by atoms with Crippen LogP contribution < -0.4 is 10.5 Å². The zero-order valence-corrected chi connectivity index (χ0v) is 11.8. The van der Waals surface area contributed by atoms with Crippen molar-refractivity contribution in [2.24, 2.45) is 5.73 Å². The number of pyridine rings is 1. The minimum absolute atomic E-state index is 0.0453. The van der Waals surface area contributed by atoms with Gasteiger partial charge in [-0.15, -0.1) is 0 Å². The molecule has 20 heavy (non-hydrogen) atoms. The molecule has 2 rings (SSSR count). The SMILES string of the molecule is CCC(N)Cc1cccnc1Oc1cc(C)ccc1F. The van der Waals surface area contributed by atoms with E-state index in [-0.39, 0.29) is 11.8 Å². The van der Waals surface area contributed by atoms with Gasteiger partial charge in [0, 0.05) is 17.8 Å². The van der Waals surface area contributed by atoms with Gasteiger partial charge < -0.3 is 10.5 Å². The van der Waals surface area contributed by atoms with Crippen LogP contribution in [-0.4, -0.2) is 11.0 Å². The highest BCUT2D eigenvalue weighted by atomic mass is 19.1. The van der Waals surface area contributed by atoms with Crippen molar-refractivity contribution in [3.05, 3.63) is 53.5 Å². The second kappa shape index (κ2) is 6.48. The molecule has 0 saturated carbocycles. The van der Waals surface area contributed by atoms with E-state index in [1.165, 1.54) is 6.07 Å². The molecule has 0 fully saturated rings. The van der Waals surface area contributed by atoms with E-state index in [0.29, 0.717) is 12.3 Å². The van der Waals surface area contributed by atoms with E-state index in [2.05, 4.69) is 4.98 Å². The van der Waals surface area contributed by atoms with Gasteiger partial charge in [0.15, 0.2) is 11.6 Å². The van der Waals surface area contributed by atoms with Crippen molar-refractivity contribution in [1.82, 2.24) is 4.98 Å². The van der Waals surface area contributed by atoms with Crippen molar-refractivity contribution in [1.29, 1.82) is 0 Å². The topological polar surface area (TPSA) is 48.1 Å². The Bertz CT molecular complexity index is 586. The molecular formula is C16H19FN2O. The summed E-state index contributed by atoms with van der Waals surface area (Å²) in [7, 11) is 0. The standard InChI is InChI=1S/C16H19FN2O/c1-3-13(18)10-12-5-4-8-19-16(12)20-15-9-11(2)6-7-14(15)17/h4-9,13H,3,10,18H2,1-2H3. The Balaban J connectivity index is 2.27. The number of ether oxygens (including phenoxy) is 1. The average Bonchev–Trinajstić information content (AvgIpc) is 2.44. The zero-order valence-electron chi connectivity index (χ0n) is 11.8. The lowest BCUT2D eigenvalue weighted by Crippen LogP contribution is -2.21. The highest BCUT2D eigenvalue weighted by molar-refractivity contribution is 5.35. The van der Waals surface area contributed by atoms with Crippen molar-refractivity contribution < 1.29 is 9.13 Å². The van der Waals surface area contributed by atoms with Crippen LogP contribution in [0, 0.1) is 12.7 Å². The van der Waals surface area contributed by atoms with Crippen LogP contribution in [0.1, 0.15) is 24.5 Å². The quantitative estimate of drug-likeness (QED) is 0.906. The fraction of sp³-hybridized carbons (Fsp3) is 0.312. The van der Waals surface area contributed by atoms with E-state index in [1.54, 1.807) is 18.3 Å². The first-order valence-corrected chi connectivity index (χ1v) is 6.73. The van der Waals surface area contributed by atoms with Crippen molar-refractivity contribution in [3.8, 4) is 11.6 Å². The average molecular weight is 274 g/mol. The van der Waals surface area contributed by atoms with Gasteiger partial charge in [-0.05, 0) is 43.5 Å². The number of rotatable bonds is 5. The molecule has 1 aromatic heterocycles. The van der Waals surface area contributed by atoms with Gasteiger partial charge in [0.2, 0.25) is 5.88 Å². The maximum Gasteiger partial charge on any atom is 0.222 e. The molecular weight excluding hydrogens is 255 g/mol. The molecule has 0 saturated heterocycles. The maximum absolute atomic E-state index is 13.7. The third-order valence-electron chi connectivity index (χ3n) is 3.15. The van der Waals surface area contributed by atoms with Gasteiger partial charge in [-0.2, -0.15) is 0 Å². The van der Waals surface area contributed by atoms with Crippen molar-refractivity contribution in [2.45, 2.75) is 32.7 Å². The third-order valence-corrected chi connectivity index (χ3v) is 3.15. The van der Waals surface area contributed by atoms with Crippen LogP contribution in [0.25, 0.3) is 0 Å². The summed E-state index contributed by atoms with van der Waals surface area (Å²) >= 11 is 0. The molecule has 0 aliphatic rings. The smallest absolute Gasteiger partial charge is 0.222 e. The summed E-state index contributed by atoms with van der Waals surface area (Å²) in [6.45, 7) is 3.92. The molecule has 1 heterocycles. The molecule has 1 atom stereocenters. The van der Waals surface area contributed by atoms with Gasteiger partial charge in [0.1, 0.15) is 0 Å². The van der Waals surface area contributed by atoms with E-state index >= 15 is 0 Å². The van der Waals surface area contributed by atoms with E-state index < -0.39 is 5.82 Å². The van der Waals surface area contributed by atoms with Crippen molar-refractivity contribution in [3.63, 3.8) is 0 Å². The van der Waals surface area contributed by atoms with Crippen LogP contribution in [-0.2, 0) is 6.42 Å². The van der Waals surface area contributed by atoms with Crippen LogP contribution >= 0.6 is 0 Å². The van der Waals surface area contributed by atoms with Crippen LogP contribution in [0.5, 0.6) is 11.6 Å². The number of aryl methyl sites for hydroxylation is 1. The Hall–Kier alpha value is -1.94. The minimum atomic E-state index is -0.396. The zero-order chi connectivity index (χ0) is 14.5. The van der Waals surface area contributed by atoms with Gasteiger partial charge in [0.25, 0.3) is 0 Å². The fourth-order valence-electron chi connectivity index (χ4n) is 1.89. The van der Waals surface area contributed by atoms with Gasteiger partial charge in [0.05, 0.1) is 0 Å². The highest BCUT2D eigenvalue weighted by Gasteiger charge is 2.12. The summed E-state index contributed by atoms with van der Waals surface area (Å²) < 4.78 is 19.4. The summed E-state index contributed by atoms with van der Waals surface area (Å²) in [6, 6.07) is 8.54. The minimum Gasteiger partial charge on any atom is -0.436 e. The van der Waals surface area contributed by atoms with E-state index in [9.17, 15) is 4.39 Å².